The lowest BCUT2D eigenvalue weighted by molar-refractivity contribution is -0.128. The van der Waals surface area contributed by atoms with E-state index in [0.717, 1.165) is 36.4 Å². The van der Waals surface area contributed by atoms with Gasteiger partial charge in [0.2, 0.25) is 18.6 Å². The molecule has 2 aliphatic heterocycles. The van der Waals surface area contributed by atoms with E-state index in [2.05, 4.69) is 9.97 Å². The Bertz CT molecular complexity index is 892. The second-order valence-corrected chi connectivity index (χ2v) is 7.01. The molecule has 0 bridgehead atoms. The molecule has 7 nitrogen and oxygen atoms in total. The van der Waals surface area contributed by atoms with Crippen LogP contribution < -0.4 is 14.2 Å². The van der Waals surface area contributed by atoms with Gasteiger partial charge in [-0.15, -0.1) is 0 Å². The van der Waals surface area contributed by atoms with E-state index in [1.807, 2.05) is 43.0 Å². The normalized spacial score (nSPS) is 18.5. The molecule has 1 amide bonds. The summed E-state index contributed by atoms with van der Waals surface area (Å²) in [6.07, 6.45) is 5.13. The summed E-state index contributed by atoms with van der Waals surface area (Å²) >= 11 is 0. The molecule has 0 N–H and O–H groups in total. The summed E-state index contributed by atoms with van der Waals surface area (Å²) in [6.45, 7) is 5.27. The van der Waals surface area contributed by atoms with Gasteiger partial charge < -0.3 is 19.1 Å². The van der Waals surface area contributed by atoms with Crippen molar-refractivity contribution in [1.82, 2.24) is 14.9 Å². The number of amides is 1. The molecule has 1 unspecified atom stereocenters. The zero-order valence-corrected chi connectivity index (χ0v) is 16.1. The van der Waals surface area contributed by atoms with Crippen LogP contribution in [-0.4, -0.2) is 46.8 Å². The summed E-state index contributed by atoms with van der Waals surface area (Å²) in [7, 11) is 0. The second-order valence-electron chi connectivity index (χ2n) is 7.01. The van der Waals surface area contributed by atoms with Crippen molar-refractivity contribution < 1.29 is 19.0 Å². The lowest BCUT2D eigenvalue weighted by atomic mass is 10.1. The molecule has 2 aromatic rings. The van der Waals surface area contributed by atoms with Gasteiger partial charge in [-0.05, 0) is 50.5 Å². The van der Waals surface area contributed by atoms with Crippen LogP contribution in [0.3, 0.4) is 0 Å². The summed E-state index contributed by atoms with van der Waals surface area (Å²) in [5.74, 6) is 2.66. The summed E-state index contributed by atoms with van der Waals surface area (Å²) in [6, 6.07) is 7.45. The molecule has 3 heterocycles. The molecule has 0 spiro atoms. The maximum absolute atomic E-state index is 12.6. The lowest BCUT2D eigenvalue weighted by Gasteiger charge is -2.32. The van der Waals surface area contributed by atoms with Crippen LogP contribution in [0.1, 0.15) is 29.9 Å². The third kappa shape index (κ3) is 4.24. The van der Waals surface area contributed by atoms with Gasteiger partial charge in [0.1, 0.15) is 11.9 Å². The quantitative estimate of drug-likeness (QED) is 0.758. The molecule has 7 heteroatoms. The highest BCUT2D eigenvalue weighted by Gasteiger charge is 2.24. The number of piperidine rings is 1. The highest BCUT2D eigenvalue weighted by molar-refractivity contribution is 5.92. The molecule has 1 atom stereocenters. The zero-order chi connectivity index (χ0) is 19.5. The van der Waals surface area contributed by atoms with Crippen molar-refractivity contribution in [1.29, 1.82) is 0 Å². The maximum atomic E-state index is 12.6. The number of fused-ring (bicyclic) bond motifs is 1. The predicted octanol–water partition coefficient (Wildman–Crippen LogP) is 2.91. The van der Waals surface area contributed by atoms with E-state index in [1.54, 1.807) is 12.2 Å². The predicted molar refractivity (Wildman–Crippen MR) is 103 cm³/mol. The third-order valence-electron chi connectivity index (χ3n) is 4.73. The minimum atomic E-state index is -0.0645. The Hall–Kier alpha value is -3.09. The Morgan fingerprint density at radius 1 is 1.21 bits per heavy atom. The van der Waals surface area contributed by atoms with Crippen molar-refractivity contribution in [2.45, 2.75) is 32.8 Å². The van der Waals surface area contributed by atoms with E-state index in [-0.39, 0.29) is 18.8 Å². The van der Waals surface area contributed by atoms with E-state index in [1.165, 1.54) is 0 Å². The molecule has 2 aliphatic rings. The molecule has 1 aromatic carbocycles. The molecular formula is C21H23N3O4. The number of hydrogen-bond donors (Lipinski definition) is 0. The van der Waals surface area contributed by atoms with E-state index >= 15 is 0 Å². The van der Waals surface area contributed by atoms with Crippen molar-refractivity contribution in [3.8, 4) is 17.4 Å². The summed E-state index contributed by atoms with van der Waals surface area (Å²) < 4.78 is 16.7. The molecule has 1 saturated heterocycles. The number of aromatic nitrogens is 2. The number of nitrogens with zero attached hydrogens (tertiary/aromatic N) is 3. The molecule has 28 heavy (non-hydrogen) atoms. The number of carbonyl (C=O) groups is 1. The highest BCUT2D eigenvalue weighted by Crippen LogP contribution is 2.32. The number of rotatable bonds is 4. The molecule has 4 rings (SSSR count). The standard InChI is InChI=1S/C21H23N3O4/c1-14-10-20(23-15(2)22-14)28-17-4-3-9-24(12-17)21(25)8-6-16-5-7-18-19(11-16)27-13-26-18/h5-8,10-11,17H,3-4,9,12-13H2,1-2H3/b8-6+. The molecule has 0 aliphatic carbocycles. The van der Waals surface area contributed by atoms with Crippen LogP contribution >= 0.6 is 0 Å². The van der Waals surface area contributed by atoms with Crippen LogP contribution in [0.15, 0.2) is 30.3 Å². The van der Waals surface area contributed by atoms with Crippen LogP contribution in [0.5, 0.6) is 17.4 Å². The van der Waals surface area contributed by atoms with Gasteiger partial charge >= 0.3 is 0 Å². The van der Waals surface area contributed by atoms with Crippen molar-refractivity contribution >= 4 is 12.0 Å². The molecular weight excluding hydrogens is 358 g/mol. The van der Waals surface area contributed by atoms with E-state index in [9.17, 15) is 4.79 Å². The minimum absolute atomic E-state index is 0.0268. The minimum Gasteiger partial charge on any atom is -0.472 e. The molecule has 0 saturated carbocycles. The number of carbonyl (C=O) groups excluding carboxylic acids is 1. The Morgan fingerprint density at radius 2 is 2.07 bits per heavy atom. The Kier molecular flexibility index (Phi) is 5.14. The monoisotopic (exact) mass is 381 g/mol. The van der Waals surface area contributed by atoms with Crippen molar-refractivity contribution in [3.63, 3.8) is 0 Å². The smallest absolute Gasteiger partial charge is 0.246 e. The van der Waals surface area contributed by atoms with E-state index < -0.39 is 0 Å². The van der Waals surface area contributed by atoms with Crippen LogP contribution in [0, 0.1) is 13.8 Å². The van der Waals surface area contributed by atoms with Crippen LogP contribution in [0.4, 0.5) is 0 Å². The van der Waals surface area contributed by atoms with Gasteiger partial charge in [-0.1, -0.05) is 6.07 Å². The van der Waals surface area contributed by atoms with Gasteiger partial charge in [-0.2, -0.15) is 4.98 Å². The first-order chi connectivity index (χ1) is 13.6. The summed E-state index contributed by atoms with van der Waals surface area (Å²) in [5, 5.41) is 0. The van der Waals surface area contributed by atoms with Gasteiger partial charge in [0.15, 0.2) is 11.5 Å². The molecule has 1 fully saturated rings. The Balaban J connectivity index is 1.37. The van der Waals surface area contributed by atoms with Gasteiger partial charge in [0, 0.05) is 24.4 Å². The maximum Gasteiger partial charge on any atom is 0.246 e. The number of likely N-dealkylation sites (tertiary alicyclic amines) is 1. The van der Waals surface area contributed by atoms with Crippen LogP contribution in [0.25, 0.3) is 6.08 Å². The third-order valence-corrected chi connectivity index (χ3v) is 4.73. The number of ether oxygens (including phenoxy) is 3. The van der Waals surface area contributed by atoms with Crippen molar-refractivity contribution in [3.05, 3.63) is 47.4 Å². The topological polar surface area (TPSA) is 73.8 Å². The fourth-order valence-corrected chi connectivity index (χ4v) is 3.44. The molecule has 0 radical (unpaired) electrons. The largest absolute Gasteiger partial charge is 0.472 e. The molecule has 1 aromatic heterocycles. The van der Waals surface area contributed by atoms with Gasteiger partial charge in [-0.3, -0.25) is 4.79 Å². The van der Waals surface area contributed by atoms with Crippen molar-refractivity contribution in [2.24, 2.45) is 0 Å². The van der Waals surface area contributed by atoms with Crippen LogP contribution in [0.2, 0.25) is 0 Å². The highest BCUT2D eigenvalue weighted by atomic mass is 16.7. The fraction of sp³-hybridized carbons (Fsp3) is 0.381. The number of hydrogen-bond acceptors (Lipinski definition) is 6. The van der Waals surface area contributed by atoms with E-state index in [0.29, 0.717) is 24.0 Å². The number of benzene rings is 1. The van der Waals surface area contributed by atoms with Crippen molar-refractivity contribution in [2.75, 3.05) is 19.9 Å². The van der Waals surface area contributed by atoms with Crippen LogP contribution in [-0.2, 0) is 4.79 Å². The Morgan fingerprint density at radius 3 is 2.93 bits per heavy atom. The first-order valence-corrected chi connectivity index (χ1v) is 9.42. The fourth-order valence-electron chi connectivity index (χ4n) is 3.44. The average molecular weight is 381 g/mol. The first-order valence-electron chi connectivity index (χ1n) is 9.42. The van der Waals surface area contributed by atoms with E-state index in [4.69, 9.17) is 14.2 Å². The van der Waals surface area contributed by atoms with Gasteiger partial charge in [0.25, 0.3) is 0 Å². The average Bonchev–Trinajstić information content (AvgIpc) is 3.13. The summed E-state index contributed by atoms with van der Waals surface area (Å²) in [4.78, 5) is 23.0. The lowest BCUT2D eigenvalue weighted by Crippen LogP contribution is -2.43. The SMILES string of the molecule is Cc1cc(OC2CCCN(C(=O)/C=C/c3ccc4c(c3)OCO4)C2)nc(C)n1. The van der Waals surface area contributed by atoms with Gasteiger partial charge in [0.05, 0.1) is 6.54 Å². The Labute approximate surface area is 164 Å². The summed E-state index contributed by atoms with van der Waals surface area (Å²) in [5.41, 5.74) is 1.77. The number of aryl methyl sites for hydroxylation is 2. The zero-order valence-electron chi connectivity index (χ0n) is 16.1. The second kappa shape index (κ2) is 7.88. The van der Waals surface area contributed by atoms with Gasteiger partial charge in [-0.25, -0.2) is 4.98 Å². The molecule has 146 valence electrons. The first kappa shape index (κ1) is 18.3.